The number of fused-ring (bicyclic) bond motifs is 4. The number of allylic oxidation sites excluding steroid dienone is 1. The lowest BCUT2D eigenvalue weighted by Crippen LogP contribution is -2.79. The number of carbonyl (C=O) groups is 2. The number of aliphatic hydroxyl groups excluding tert-OH is 2. The van der Waals surface area contributed by atoms with Gasteiger partial charge in [0.25, 0.3) is 0 Å². The van der Waals surface area contributed by atoms with Gasteiger partial charge in [-0.1, -0.05) is 39.3 Å². The molecule has 0 aromatic rings. The van der Waals surface area contributed by atoms with Crippen molar-refractivity contribution in [1.29, 1.82) is 0 Å². The molecule has 1 spiro atoms. The molecule has 202 valence electrons. The third-order valence-corrected chi connectivity index (χ3v) is 11.7. The first-order chi connectivity index (χ1) is 16.4. The van der Waals surface area contributed by atoms with Crippen LogP contribution in [0.4, 0.5) is 0 Å². The zero-order valence-corrected chi connectivity index (χ0v) is 22.9. The van der Waals surface area contributed by atoms with E-state index in [1.807, 2.05) is 0 Å². The zero-order valence-electron chi connectivity index (χ0n) is 22.9. The summed E-state index contributed by atoms with van der Waals surface area (Å²) in [7, 11) is 0. The van der Waals surface area contributed by atoms with Crippen molar-refractivity contribution in [3.63, 3.8) is 0 Å². The molecule has 5 rings (SSSR count). The summed E-state index contributed by atoms with van der Waals surface area (Å²) in [6, 6.07) is -0.385. The summed E-state index contributed by atoms with van der Waals surface area (Å²) in [5.74, 6) is -0.665. The number of ether oxygens (including phenoxy) is 1. The molecular formula is C29H45NO6. The monoisotopic (exact) mass is 503 g/mol. The third-order valence-electron chi connectivity index (χ3n) is 11.7. The number of carbonyl (C=O) groups excluding carboxylic acids is 2. The summed E-state index contributed by atoms with van der Waals surface area (Å²) in [4.78, 5) is 27.5. The van der Waals surface area contributed by atoms with Gasteiger partial charge in [0.05, 0.1) is 29.3 Å². The van der Waals surface area contributed by atoms with Crippen molar-refractivity contribution in [3.8, 4) is 0 Å². The fourth-order valence-corrected chi connectivity index (χ4v) is 9.53. The molecule has 1 heterocycles. The van der Waals surface area contributed by atoms with Crippen LogP contribution in [0, 0.1) is 34.0 Å². The maximum absolute atomic E-state index is 14.2. The van der Waals surface area contributed by atoms with E-state index in [4.69, 9.17) is 10.5 Å². The van der Waals surface area contributed by atoms with Crippen molar-refractivity contribution in [1.82, 2.24) is 0 Å². The van der Waals surface area contributed by atoms with Gasteiger partial charge < -0.3 is 25.8 Å². The summed E-state index contributed by atoms with van der Waals surface area (Å²) in [5.41, 5.74) is 2.98. The Morgan fingerprint density at radius 3 is 2.42 bits per heavy atom. The van der Waals surface area contributed by atoms with E-state index in [0.29, 0.717) is 25.7 Å². The predicted molar refractivity (Wildman–Crippen MR) is 135 cm³/mol. The molecule has 4 aliphatic carbocycles. The molecule has 5 N–H and O–H groups in total. The molecule has 7 heteroatoms. The highest BCUT2D eigenvalue weighted by molar-refractivity contribution is 5.92. The van der Waals surface area contributed by atoms with Gasteiger partial charge in [0.1, 0.15) is 11.4 Å². The van der Waals surface area contributed by atoms with Crippen LogP contribution in [0.15, 0.2) is 11.6 Å². The molecule has 0 aromatic heterocycles. The molecule has 7 nitrogen and oxygen atoms in total. The Bertz CT molecular complexity index is 1030. The molecule has 0 aromatic carbocycles. The van der Waals surface area contributed by atoms with Crippen LogP contribution in [0.3, 0.4) is 0 Å². The molecule has 0 bridgehead atoms. The Labute approximate surface area is 214 Å². The highest BCUT2D eigenvalue weighted by Gasteiger charge is 2.83. The zero-order chi connectivity index (χ0) is 26.9. The fourth-order valence-electron chi connectivity index (χ4n) is 9.53. The van der Waals surface area contributed by atoms with E-state index < -0.39 is 51.2 Å². The summed E-state index contributed by atoms with van der Waals surface area (Å²) in [6.45, 7) is 13.4. The normalized spacial score (nSPS) is 51.3. The first-order valence-corrected chi connectivity index (χ1v) is 13.7. The van der Waals surface area contributed by atoms with Gasteiger partial charge in [0, 0.05) is 35.1 Å². The van der Waals surface area contributed by atoms with Crippen LogP contribution >= 0.6 is 0 Å². The maximum Gasteiger partial charge on any atom is 0.164 e. The molecule has 3 saturated carbocycles. The van der Waals surface area contributed by atoms with Gasteiger partial charge >= 0.3 is 0 Å². The lowest BCUT2D eigenvalue weighted by atomic mass is 9.39. The Balaban J connectivity index is 1.52. The number of Topliss-reactive ketones (excluding diaryl/α,β-unsaturated/α-hetero) is 2. The van der Waals surface area contributed by atoms with Gasteiger partial charge in [-0.25, -0.2) is 0 Å². The van der Waals surface area contributed by atoms with Crippen LogP contribution in [0.2, 0.25) is 0 Å². The van der Waals surface area contributed by atoms with E-state index in [1.54, 1.807) is 20.8 Å². The van der Waals surface area contributed by atoms with Crippen LogP contribution in [-0.4, -0.2) is 61.9 Å². The minimum atomic E-state index is -1.16. The van der Waals surface area contributed by atoms with Gasteiger partial charge in [-0.2, -0.15) is 0 Å². The van der Waals surface area contributed by atoms with E-state index in [9.17, 15) is 24.9 Å². The first kappa shape index (κ1) is 26.5. The van der Waals surface area contributed by atoms with E-state index in [1.165, 1.54) is 5.57 Å². The van der Waals surface area contributed by atoms with Gasteiger partial charge in [0.15, 0.2) is 5.78 Å². The number of rotatable bonds is 4. The van der Waals surface area contributed by atoms with Gasteiger partial charge in [-0.05, 0) is 58.3 Å². The molecule has 5 aliphatic rings. The average Bonchev–Trinajstić information content (AvgIpc) is 2.92. The quantitative estimate of drug-likeness (QED) is 0.434. The number of hydrogen-bond donors (Lipinski definition) is 4. The van der Waals surface area contributed by atoms with Crippen LogP contribution in [0.1, 0.15) is 87.0 Å². The second kappa shape index (κ2) is 7.50. The smallest absolute Gasteiger partial charge is 0.164 e. The van der Waals surface area contributed by atoms with E-state index in [-0.39, 0.29) is 42.3 Å². The number of ketones is 2. The minimum Gasteiger partial charge on any atom is -0.393 e. The van der Waals surface area contributed by atoms with Crippen molar-refractivity contribution in [2.45, 2.75) is 122 Å². The van der Waals surface area contributed by atoms with Crippen LogP contribution in [0.25, 0.3) is 0 Å². The summed E-state index contributed by atoms with van der Waals surface area (Å²) >= 11 is 0. The molecule has 4 fully saturated rings. The predicted octanol–water partition coefficient (Wildman–Crippen LogP) is 2.68. The van der Waals surface area contributed by atoms with Crippen LogP contribution in [0.5, 0.6) is 0 Å². The molecule has 10 atom stereocenters. The SMILES string of the molecule is CC(C)(O)CCC(=O)[C@]1(C)O[C@]23CC(=O)[C@@]4(C)[C@@H]5C[C@H](O)C(N)C(C)(C)C5=CC[C@H]4[C@]2(C)C[C@@H](O)[C@H]13. The largest absolute Gasteiger partial charge is 0.393 e. The van der Waals surface area contributed by atoms with Gasteiger partial charge in [-0.3, -0.25) is 9.59 Å². The Hall–Kier alpha value is -1.12. The Morgan fingerprint density at radius 1 is 1.17 bits per heavy atom. The highest BCUT2D eigenvalue weighted by atomic mass is 16.6. The van der Waals surface area contributed by atoms with Crippen molar-refractivity contribution in [2.24, 2.45) is 39.7 Å². The molecular weight excluding hydrogens is 458 g/mol. The summed E-state index contributed by atoms with van der Waals surface area (Å²) < 4.78 is 6.62. The Kier molecular flexibility index (Phi) is 5.52. The second-order valence-corrected chi connectivity index (χ2v) is 14.4. The lowest BCUT2D eigenvalue weighted by molar-refractivity contribution is -0.347. The van der Waals surface area contributed by atoms with E-state index in [0.717, 1.165) is 0 Å². The number of nitrogens with two attached hydrogens (primary N) is 1. The topological polar surface area (TPSA) is 130 Å². The second-order valence-electron chi connectivity index (χ2n) is 14.4. The van der Waals surface area contributed by atoms with Crippen LogP contribution in [-0.2, 0) is 14.3 Å². The van der Waals surface area contributed by atoms with Gasteiger partial charge in [0.2, 0.25) is 0 Å². The van der Waals surface area contributed by atoms with Crippen molar-refractivity contribution < 1.29 is 29.6 Å². The lowest BCUT2D eigenvalue weighted by Gasteiger charge is -2.70. The maximum atomic E-state index is 14.2. The number of hydrogen-bond acceptors (Lipinski definition) is 7. The molecule has 1 saturated heterocycles. The third kappa shape index (κ3) is 3.04. The van der Waals surface area contributed by atoms with Crippen molar-refractivity contribution in [3.05, 3.63) is 11.6 Å². The van der Waals surface area contributed by atoms with E-state index >= 15 is 0 Å². The fraction of sp³-hybridized carbons (Fsp3) is 0.862. The first-order valence-electron chi connectivity index (χ1n) is 13.7. The summed E-state index contributed by atoms with van der Waals surface area (Å²) in [5, 5.41) is 32.4. The summed E-state index contributed by atoms with van der Waals surface area (Å²) in [6.07, 6.45) is 3.06. The molecule has 1 unspecified atom stereocenters. The number of aliphatic hydroxyl groups is 3. The highest BCUT2D eigenvalue weighted by Crippen LogP contribution is 2.76. The standard InChI is InChI=1S/C29H45NO6/c1-24(2,35)11-10-20(33)28(7)22-18(32)13-26(5)19-9-8-15-16(12-17(31)23(30)25(15,3)4)27(19,6)21(34)14-29(22,26)36-28/h8,16-19,22-23,31-32,35H,9-14,30H2,1-7H3/t16-,17+,18-,19+,22-,23?,26+,27+,28+,29+/m1/s1. The minimum absolute atomic E-state index is 0.0759. The van der Waals surface area contributed by atoms with Crippen LogP contribution < -0.4 is 5.73 Å². The van der Waals surface area contributed by atoms with Crippen molar-refractivity contribution in [2.75, 3.05) is 0 Å². The van der Waals surface area contributed by atoms with Crippen molar-refractivity contribution >= 4 is 11.6 Å². The Morgan fingerprint density at radius 2 is 1.81 bits per heavy atom. The molecule has 0 amide bonds. The van der Waals surface area contributed by atoms with Gasteiger partial charge in [-0.15, -0.1) is 0 Å². The van der Waals surface area contributed by atoms with E-state index in [2.05, 4.69) is 33.8 Å². The molecule has 0 radical (unpaired) electrons. The molecule has 36 heavy (non-hydrogen) atoms. The molecule has 1 aliphatic heterocycles. The average molecular weight is 504 g/mol.